The van der Waals surface area contributed by atoms with Crippen molar-refractivity contribution in [1.29, 1.82) is 0 Å². The molecule has 1 unspecified atom stereocenters. The van der Waals surface area contributed by atoms with Gasteiger partial charge in [0, 0.05) is 34.8 Å². The van der Waals surface area contributed by atoms with Gasteiger partial charge in [-0.25, -0.2) is 8.42 Å². The molecular weight excluding hydrogens is 529 g/mol. The summed E-state index contributed by atoms with van der Waals surface area (Å²) in [5.74, 6) is -0.121. The molecule has 3 rings (SSSR count). The lowest BCUT2D eigenvalue weighted by molar-refractivity contribution is -0.139. The maximum Gasteiger partial charge on any atom is 0.244 e. The first kappa shape index (κ1) is 27.9. The highest BCUT2D eigenvalue weighted by Crippen LogP contribution is 2.36. The number of ether oxygens (including phenoxy) is 2. The van der Waals surface area contributed by atoms with E-state index in [4.69, 9.17) is 32.7 Å². The first-order chi connectivity index (χ1) is 17.0. The molecule has 36 heavy (non-hydrogen) atoms. The van der Waals surface area contributed by atoms with E-state index in [1.165, 1.54) is 17.0 Å². The van der Waals surface area contributed by atoms with Crippen molar-refractivity contribution in [3.63, 3.8) is 0 Å². The normalized spacial score (nSPS) is 13.2. The predicted molar refractivity (Wildman–Crippen MR) is 139 cm³/mol. The Morgan fingerprint density at radius 2 is 1.78 bits per heavy atom. The summed E-state index contributed by atoms with van der Waals surface area (Å²) in [7, 11) is -3.88. The summed E-state index contributed by atoms with van der Waals surface area (Å²) in [6, 6.07) is 8.61. The number of carbonyl (C=O) groups is 2. The number of anilines is 1. The van der Waals surface area contributed by atoms with Gasteiger partial charge in [0.15, 0.2) is 11.5 Å². The third kappa shape index (κ3) is 6.74. The summed E-state index contributed by atoms with van der Waals surface area (Å²) < 4.78 is 37.0. The van der Waals surface area contributed by atoms with E-state index >= 15 is 0 Å². The van der Waals surface area contributed by atoms with E-state index in [9.17, 15) is 18.0 Å². The van der Waals surface area contributed by atoms with Crippen LogP contribution < -0.4 is 19.1 Å². The van der Waals surface area contributed by atoms with E-state index in [-0.39, 0.29) is 24.9 Å². The van der Waals surface area contributed by atoms with Crippen LogP contribution in [0.15, 0.2) is 36.4 Å². The summed E-state index contributed by atoms with van der Waals surface area (Å²) in [5, 5.41) is 3.47. The van der Waals surface area contributed by atoms with E-state index in [0.717, 1.165) is 23.4 Å². The van der Waals surface area contributed by atoms with Crippen molar-refractivity contribution in [2.24, 2.45) is 0 Å². The molecule has 0 aliphatic carbocycles. The largest absolute Gasteiger partial charge is 0.454 e. The number of rotatable bonds is 11. The van der Waals surface area contributed by atoms with Gasteiger partial charge >= 0.3 is 0 Å². The number of hydrogen-bond acceptors (Lipinski definition) is 6. The number of nitrogens with one attached hydrogen (secondary N) is 1. The Labute approximate surface area is 221 Å². The van der Waals surface area contributed by atoms with E-state index in [2.05, 4.69) is 5.32 Å². The minimum Gasteiger partial charge on any atom is -0.454 e. The van der Waals surface area contributed by atoms with Gasteiger partial charge in [0.25, 0.3) is 0 Å². The Morgan fingerprint density at radius 1 is 1.11 bits per heavy atom. The number of halogens is 2. The summed E-state index contributed by atoms with van der Waals surface area (Å²) in [6.45, 7) is 3.43. The Balaban J connectivity index is 1.92. The molecule has 1 N–H and O–H groups in total. The fraction of sp³-hybridized carbons (Fsp3) is 0.417. The third-order valence-electron chi connectivity index (χ3n) is 5.71. The smallest absolute Gasteiger partial charge is 0.244 e. The zero-order valence-corrected chi connectivity index (χ0v) is 22.6. The minimum absolute atomic E-state index is 0.0215. The monoisotopic (exact) mass is 557 g/mol. The molecule has 2 aromatic carbocycles. The Morgan fingerprint density at radius 3 is 2.42 bits per heavy atom. The SMILES string of the molecule is CCCCNC(=O)C(C)N(Cc1c(Cl)cccc1Cl)C(=O)CN(c1ccc2c(c1)OCO2)S(C)(=O)=O. The van der Waals surface area contributed by atoms with Crippen molar-refractivity contribution in [2.75, 3.05) is 30.4 Å². The molecule has 0 fully saturated rings. The molecule has 12 heteroatoms. The van der Waals surface area contributed by atoms with Crippen LogP contribution in [-0.4, -0.2) is 57.3 Å². The molecule has 1 atom stereocenters. The molecular formula is C24H29Cl2N3O6S. The number of nitrogens with zero attached hydrogens (tertiary/aromatic N) is 2. The molecule has 0 radical (unpaired) electrons. The van der Waals surface area contributed by atoms with Crippen LogP contribution in [0, 0.1) is 0 Å². The van der Waals surface area contributed by atoms with Crippen LogP contribution in [0.2, 0.25) is 10.0 Å². The zero-order chi connectivity index (χ0) is 26.5. The van der Waals surface area contributed by atoms with E-state index in [1.807, 2.05) is 6.92 Å². The topological polar surface area (TPSA) is 105 Å². The summed E-state index contributed by atoms with van der Waals surface area (Å²) in [6.07, 6.45) is 2.68. The Hall–Kier alpha value is -2.69. The van der Waals surface area contributed by atoms with Crippen molar-refractivity contribution in [1.82, 2.24) is 10.2 Å². The second-order valence-electron chi connectivity index (χ2n) is 8.35. The minimum atomic E-state index is -3.88. The summed E-state index contributed by atoms with van der Waals surface area (Å²) in [4.78, 5) is 27.8. The highest BCUT2D eigenvalue weighted by molar-refractivity contribution is 7.92. The van der Waals surface area contributed by atoms with Crippen molar-refractivity contribution >= 4 is 50.7 Å². The number of amides is 2. The first-order valence-electron chi connectivity index (χ1n) is 11.4. The molecule has 0 spiro atoms. The second-order valence-corrected chi connectivity index (χ2v) is 11.1. The fourth-order valence-electron chi connectivity index (χ4n) is 3.63. The Bertz CT molecular complexity index is 1200. The maximum absolute atomic E-state index is 13.6. The van der Waals surface area contributed by atoms with Crippen LogP contribution in [0.25, 0.3) is 0 Å². The Kier molecular flexibility index (Phi) is 9.32. The van der Waals surface area contributed by atoms with Gasteiger partial charge in [0.1, 0.15) is 12.6 Å². The van der Waals surface area contributed by atoms with Crippen LogP contribution in [0.4, 0.5) is 5.69 Å². The molecule has 9 nitrogen and oxygen atoms in total. The number of carbonyl (C=O) groups excluding carboxylic acids is 2. The fourth-order valence-corrected chi connectivity index (χ4v) is 4.98. The summed E-state index contributed by atoms with van der Waals surface area (Å²) >= 11 is 12.7. The average molecular weight is 558 g/mol. The number of fused-ring (bicyclic) bond motifs is 1. The van der Waals surface area contributed by atoms with E-state index in [1.54, 1.807) is 31.2 Å². The van der Waals surface area contributed by atoms with Gasteiger partial charge in [-0.1, -0.05) is 42.6 Å². The van der Waals surface area contributed by atoms with Gasteiger partial charge in [-0.05, 0) is 37.6 Å². The van der Waals surface area contributed by atoms with Gasteiger partial charge < -0.3 is 19.7 Å². The molecule has 196 valence electrons. The lowest BCUT2D eigenvalue weighted by Crippen LogP contribution is -2.51. The van der Waals surface area contributed by atoms with Crippen molar-refractivity contribution in [3.05, 3.63) is 52.0 Å². The van der Waals surface area contributed by atoms with Gasteiger partial charge in [0.05, 0.1) is 11.9 Å². The van der Waals surface area contributed by atoms with Gasteiger partial charge in [0.2, 0.25) is 28.6 Å². The molecule has 0 aromatic heterocycles. The van der Waals surface area contributed by atoms with E-state index < -0.39 is 28.5 Å². The highest BCUT2D eigenvalue weighted by Gasteiger charge is 2.31. The lowest BCUT2D eigenvalue weighted by atomic mass is 10.1. The molecule has 0 saturated carbocycles. The second kappa shape index (κ2) is 12.0. The molecule has 1 aliphatic heterocycles. The lowest BCUT2D eigenvalue weighted by Gasteiger charge is -2.32. The van der Waals surface area contributed by atoms with Crippen LogP contribution >= 0.6 is 23.2 Å². The number of hydrogen-bond donors (Lipinski definition) is 1. The van der Waals surface area contributed by atoms with Crippen molar-refractivity contribution in [2.45, 2.75) is 39.3 Å². The predicted octanol–water partition coefficient (Wildman–Crippen LogP) is 3.82. The summed E-state index contributed by atoms with van der Waals surface area (Å²) in [5.41, 5.74) is 0.683. The zero-order valence-electron chi connectivity index (χ0n) is 20.3. The standard InChI is InChI=1S/C24H29Cl2N3O6S/c1-4-5-11-27-24(31)16(2)28(13-18-19(25)7-6-8-20(18)26)23(30)14-29(36(3,32)33)17-9-10-21-22(12-17)35-15-34-21/h6-10,12,16H,4-5,11,13-15H2,1-3H3,(H,27,31). The van der Waals surface area contributed by atoms with Crippen molar-refractivity contribution < 1.29 is 27.5 Å². The molecule has 1 heterocycles. The number of benzene rings is 2. The van der Waals surface area contributed by atoms with Crippen LogP contribution in [-0.2, 0) is 26.2 Å². The number of unbranched alkanes of at least 4 members (excludes halogenated alkanes) is 1. The van der Waals surface area contributed by atoms with Gasteiger partial charge in [-0.2, -0.15) is 0 Å². The maximum atomic E-state index is 13.6. The molecule has 0 bridgehead atoms. The number of sulfonamides is 1. The van der Waals surface area contributed by atoms with E-state index in [0.29, 0.717) is 33.7 Å². The van der Waals surface area contributed by atoms with Gasteiger partial charge in [-0.15, -0.1) is 0 Å². The third-order valence-corrected chi connectivity index (χ3v) is 7.56. The average Bonchev–Trinajstić information content (AvgIpc) is 3.29. The molecule has 1 aliphatic rings. The molecule has 2 amide bonds. The van der Waals surface area contributed by atoms with Gasteiger partial charge in [-0.3, -0.25) is 13.9 Å². The highest BCUT2D eigenvalue weighted by atomic mass is 35.5. The van der Waals surface area contributed by atoms with Crippen LogP contribution in [0.3, 0.4) is 0 Å². The quantitative estimate of drug-likeness (QED) is 0.421. The van der Waals surface area contributed by atoms with Crippen molar-refractivity contribution in [3.8, 4) is 11.5 Å². The molecule has 0 saturated heterocycles. The van der Waals surface area contributed by atoms with Crippen LogP contribution in [0.5, 0.6) is 11.5 Å². The first-order valence-corrected chi connectivity index (χ1v) is 14.0. The van der Waals surface area contributed by atoms with Crippen LogP contribution in [0.1, 0.15) is 32.3 Å². The molecule has 2 aromatic rings.